The van der Waals surface area contributed by atoms with Gasteiger partial charge in [-0.3, -0.25) is 4.79 Å². The fraction of sp³-hybridized carbons (Fsp3) is 0.0870. The number of benzene rings is 3. The summed E-state index contributed by atoms with van der Waals surface area (Å²) in [6.07, 6.45) is -1.31. The number of nitrogens with one attached hydrogen (secondary N) is 1. The van der Waals surface area contributed by atoms with Crippen LogP contribution >= 0.6 is 11.8 Å². The molecule has 3 aromatic rings. The molecular weight excluding hydrogens is 422 g/mol. The highest BCUT2D eigenvalue weighted by molar-refractivity contribution is 7.99. The van der Waals surface area contributed by atoms with Crippen molar-refractivity contribution in [2.75, 3.05) is 5.32 Å². The number of amides is 1. The van der Waals surface area contributed by atoms with Crippen molar-refractivity contribution in [3.8, 4) is 6.07 Å². The van der Waals surface area contributed by atoms with E-state index in [2.05, 4.69) is 11.4 Å². The van der Waals surface area contributed by atoms with Crippen molar-refractivity contribution in [3.63, 3.8) is 0 Å². The first kappa shape index (κ1) is 22.0. The van der Waals surface area contributed by atoms with Crippen LogP contribution in [0.4, 0.5) is 14.5 Å². The van der Waals surface area contributed by atoms with Crippen LogP contribution in [0.1, 0.15) is 22.8 Å². The lowest BCUT2D eigenvalue weighted by Gasteiger charge is -2.15. The second-order valence-electron chi connectivity index (χ2n) is 6.34. The monoisotopic (exact) mass is 438 g/mol. The van der Waals surface area contributed by atoms with E-state index < -0.39 is 35.3 Å². The lowest BCUT2D eigenvalue weighted by atomic mass is 10.2. The standard InChI is InChI=1S/C23H16F2N2O3S/c1-14(22(28)27-21-17(24)9-6-10-18(21)25)30-23(29)16-8-3-5-12-20(16)31-19-11-4-2-7-15(19)13-26/h2-12,14H,1H3,(H,27,28). The summed E-state index contributed by atoms with van der Waals surface area (Å²) in [5, 5.41) is 11.4. The summed E-state index contributed by atoms with van der Waals surface area (Å²) in [6, 6.07) is 18.8. The van der Waals surface area contributed by atoms with E-state index in [1.807, 2.05) is 0 Å². The molecule has 1 amide bonds. The molecule has 1 unspecified atom stereocenters. The zero-order valence-electron chi connectivity index (χ0n) is 16.3. The molecule has 0 heterocycles. The summed E-state index contributed by atoms with van der Waals surface area (Å²) in [4.78, 5) is 26.2. The van der Waals surface area contributed by atoms with Crippen molar-refractivity contribution in [2.24, 2.45) is 0 Å². The van der Waals surface area contributed by atoms with Crippen molar-refractivity contribution >= 4 is 29.3 Å². The van der Waals surface area contributed by atoms with Crippen molar-refractivity contribution in [1.82, 2.24) is 0 Å². The van der Waals surface area contributed by atoms with Gasteiger partial charge in [0.15, 0.2) is 6.10 Å². The normalized spacial score (nSPS) is 11.3. The molecule has 8 heteroatoms. The second-order valence-corrected chi connectivity index (χ2v) is 7.42. The topological polar surface area (TPSA) is 79.2 Å². The zero-order valence-corrected chi connectivity index (χ0v) is 17.1. The van der Waals surface area contributed by atoms with Crippen molar-refractivity contribution in [1.29, 1.82) is 5.26 Å². The molecule has 0 radical (unpaired) electrons. The molecule has 0 spiro atoms. The number of carbonyl (C=O) groups is 2. The van der Waals surface area contributed by atoms with Gasteiger partial charge >= 0.3 is 5.97 Å². The Morgan fingerprint density at radius 2 is 1.58 bits per heavy atom. The Morgan fingerprint density at radius 3 is 2.26 bits per heavy atom. The molecule has 156 valence electrons. The molecule has 1 atom stereocenters. The van der Waals surface area contributed by atoms with Crippen LogP contribution in [0, 0.1) is 23.0 Å². The molecule has 0 saturated heterocycles. The molecule has 5 nitrogen and oxygen atoms in total. The van der Waals surface area contributed by atoms with Gasteiger partial charge in [0.2, 0.25) is 0 Å². The number of hydrogen-bond donors (Lipinski definition) is 1. The number of esters is 1. The Morgan fingerprint density at radius 1 is 0.968 bits per heavy atom. The molecule has 0 saturated carbocycles. The largest absolute Gasteiger partial charge is 0.449 e. The number of para-hydroxylation sites is 1. The number of hydrogen-bond acceptors (Lipinski definition) is 5. The lowest BCUT2D eigenvalue weighted by molar-refractivity contribution is -0.123. The molecule has 3 rings (SSSR count). The summed E-state index contributed by atoms with van der Waals surface area (Å²) < 4.78 is 32.7. The van der Waals surface area contributed by atoms with Crippen LogP contribution in [0.25, 0.3) is 0 Å². The van der Waals surface area contributed by atoms with E-state index in [1.165, 1.54) is 30.8 Å². The summed E-state index contributed by atoms with van der Waals surface area (Å²) in [5.41, 5.74) is 0.0340. The first-order valence-electron chi connectivity index (χ1n) is 9.12. The minimum Gasteiger partial charge on any atom is -0.449 e. The highest BCUT2D eigenvalue weighted by atomic mass is 32.2. The predicted octanol–water partition coefficient (Wildman–Crippen LogP) is 5.17. The van der Waals surface area contributed by atoms with Crippen molar-refractivity contribution in [3.05, 3.63) is 89.5 Å². The predicted molar refractivity (Wildman–Crippen MR) is 112 cm³/mol. The molecule has 0 aliphatic rings. The van der Waals surface area contributed by atoms with Crippen LogP contribution in [-0.4, -0.2) is 18.0 Å². The Bertz CT molecular complexity index is 1160. The maximum atomic E-state index is 13.7. The summed E-state index contributed by atoms with van der Waals surface area (Å²) in [6.45, 7) is 1.30. The van der Waals surface area contributed by atoms with E-state index in [4.69, 9.17) is 4.74 Å². The van der Waals surface area contributed by atoms with Crippen molar-refractivity contribution in [2.45, 2.75) is 22.8 Å². The number of rotatable bonds is 6. The van der Waals surface area contributed by atoms with Gasteiger partial charge in [0, 0.05) is 9.79 Å². The summed E-state index contributed by atoms with van der Waals surface area (Å²) in [5.74, 6) is -3.54. The Labute approximate surface area is 181 Å². The second kappa shape index (κ2) is 9.87. The Kier molecular flexibility index (Phi) is 7.00. The molecule has 0 bridgehead atoms. The van der Waals surface area contributed by atoms with Crippen LogP contribution in [0.2, 0.25) is 0 Å². The van der Waals surface area contributed by atoms with Crippen molar-refractivity contribution < 1.29 is 23.1 Å². The average molecular weight is 438 g/mol. The van der Waals surface area contributed by atoms with Crippen LogP contribution in [-0.2, 0) is 9.53 Å². The molecule has 1 N–H and O–H groups in total. The van der Waals surface area contributed by atoms with Gasteiger partial charge in [-0.15, -0.1) is 0 Å². The number of anilines is 1. The first-order chi connectivity index (χ1) is 14.9. The number of halogens is 2. The van der Waals surface area contributed by atoms with E-state index in [9.17, 15) is 23.6 Å². The van der Waals surface area contributed by atoms with Gasteiger partial charge in [-0.25, -0.2) is 13.6 Å². The van der Waals surface area contributed by atoms with Gasteiger partial charge in [0.05, 0.1) is 11.1 Å². The minimum absolute atomic E-state index is 0.192. The minimum atomic E-state index is -1.31. The maximum absolute atomic E-state index is 13.7. The molecule has 0 aliphatic carbocycles. The van der Waals surface area contributed by atoms with Crippen LogP contribution in [0.15, 0.2) is 76.5 Å². The fourth-order valence-electron chi connectivity index (χ4n) is 2.61. The summed E-state index contributed by atoms with van der Waals surface area (Å²) >= 11 is 1.21. The smallest absolute Gasteiger partial charge is 0.340 e. The third kappa shape index (κ3) is 5.27. The first-order valence-corrected chi connectivity index (χ1v) is 9.94. The Balaban J connectivity index is 1.75. The van der Waals surface area contributed by atoms with E-state index in [0.717, 1.165) is 12.1 Å². The van der Waals surface area contributed by atoms with E-state index in [1.54, 1.807) is 42.5 Å². The summed E-state index contributed by atoms with van der Waals surface area (Å²) in [7, 11) is 0. The van der Waals surface area contributed by atoms with Gasteiger partial charge in [-0.2, -0.15) is 5.26 Å². The maximum Gasteiger partial charge on any atom is 0.340 e. The molecule has 0 aromatic heterocycles. The Hall–Kier alpha value is -3.70. The highest BCUT2D eigenvalue weighted by Crippen LogP contribution is 2.33. The molecule has 0 aliphatic heterocycles. The zero-order chi connectivity index (χ0) is 22.4. The van der Waals surface area contributed by atoms with Crippen LogP contribution < -0.4 is 5.32 Å². The van der Waals surface area contributed by atoms with Gasteiger partial charge < -0.3 is 10.1 Å². The molecule has 0 fully saturated rings. The SMILES string of the molecule is CC(OC(=O)c1ccccc1Sc1ccccc1C#N)C(=O)Nc1c(F)cccc1F. The van der Waals surface area contributed by atoms with Gasteiger partial charge in [-0.05, 0) is 43.3 Å². The van der Waals surface area contributed by atoms with Gasteiger partial charge in [0.25, 0.3) is 5.91 Å². The third-order valence-corrected chi connectivity index (χ3v) is 5.35. The van der Waals surface area contributed by atoms with Crippen LogP contribution in [0.3, 0.4) is 0 Å². The van der Waals surface area contributed by atoms with Gasteiger partial charge in [0.1, 0.15) is 23.4 Å². The van der Waals surface area contributed by atoms with E-state index in [0.29, 0.717) is 15.4 Å². The van der Waals surface area contributed by atoms with Crippen LogP contribution in [0.5, 0.6) is 0 Å². The van der Waals surface area contributed by atoms with E-state index in [-0.39, 0.29) is 5.56 Å². The van der Waals surface area contributed by atoms with E-state index >= 15 is 0 Å². The number of nitrogens with zero attached hydrogens (tertiary/aromatic N) is 1. The third-order valence-electron chi connectivity index (χ3n) is 4.20. The number of ether oxygens (including phenoxy) is 1. The molecular formula is C23H16F2N2O3S. The molecule has 31 heavy (non-hydrogen) atoms. The molecule has 3 aromatic carbocycles. The number of nitriles is 1. The van der Waals surface area contributed by atoms with Gasteiger partial charge in [-0.1, -0.05) is 42.1 Å². The fourth-order valence-corrected chi connectivity index (χ4v) is 3.63. The highest BCUT2D eigenvalue weighted by Gasteiger charge is 2.23. The lowest BCUT2D eigenvalue weighted by Crippen LogP contribution is -2.30. The quantitative estimate of drug-likeness (QED) is 0.537. The average Bonchev–Trinajstić information content (AvgIpc) is 2.77. The number of carbonyl (C=O) groups excluding carboxylic acids is 2.